The molecule has 0 aliphatic carbocycles. The molecule has 2 aromatic carbocycles. The zero-order valence-electron chi connectivity index (χ0n) is 22.0. The molecule has 1 aromatic heterocycles. The van der Waals surface area contributed by atoms with Crippen LogP contribution in [0.5, 0.6) is 0 Å². The third-order valence-corrected chi connectivity index (χ3v) is 5.71. The maximum atomic E-state index is 13.6. The molecule has 5 nitrogen and oxygen atoms in total. The molecule has 0 spiro atoms. The van der Waals surface area contributed by atoms with Crippen molar-refractivity contribution in [2.45, 2.75) is 58.7 Å². The summed E-state index contributed by atoms with van der Waals surface area (Å²) in [4.78, 5) is 8.65. The normalized spacial score (nSPS) is 15.1. The number of pyridine rings is 1. The first kappa shape index (κ1) is 29.9. The number of amidine groups is 1. The van der Waals surface area contributed by atoms with Crippen molar-refractivity contribution in [3.8, 4) is 11.3 Å². The zero-order valence-corrected chi connectivity index (χ0v) is 22.0. The van der Waals surface area contributed by atoms with Gasteiger partial charge in [0.05, 0.1) is 16.8 Å². The van der Waals surface area contributed by atoms with Crippen LogP contribution >= 0.6 is 0 Å². The molecule has 1 aliphatic rings. The number of halogens is 6. The first-order valence-corrected chi connectivity index (χ1v) is 12.6. The van der Waals surface area contributed by atoms with Gasteiger partial charge < -0.3 is 16.0 Å². The minimum absolute atomic E-state index is 0.197. The SMILES string of the molecule is CC.CC(C)NCCC1N=C(Nc2ccc(C(F)(F)F)cc2)c2ccc(-c3ncccc3C(F)(F)F)cc2N1. The lowest BCUT2D eigenvalue weighted by Crippen LogP contribution is -2.33. The molecule has 0 saturated heterocycles. The molecule has 0 fully saturated rings. The van der Waals surface area contributed by atoms with Gasteiger partial charge in [-0.25, -0.2) is 4.99 Å². The molecule has 1 atom stereocenters. The van der Waals surface area contributed by atoms with Crippen molar-refractivity contribution < 1.29 is 26.3 Å². The van der Waals surface area contributed by atoms with E-state index < -0.39 is 29.6 Å². The monoisotopic (exact) mass is 551 g/mol. The van der Waals surface area contributed by atoms with Gasteiger partial charge in [0.15, 0.2) is 0 Å². The average molecular weight is 552 g/mol. The number of nitrogens with one attached hydrogen (secondary N) is 3. The van der Waals surface area contributed by atoms with Crippen molar-refractivity contribution in [1.29, 1.82) is 0 Å². The quantitative estimate of drug-likeness (QED) is 0.274. The third-order valence-electron chi connectivity index (χ3n) is 5.71. The summed E-state index contributed by atoms with van der Waals surface area (Å²) < 4.78 is 79.6. The summed E-state index contributed by atoms with van der Waals surface area (Å²) in [5.41, 5.74) is -0.0429. The van der Waals surface area contributed by atoms with E-state index in [9.17, 15) is 26.3 Å². The molecule has 0 amide bonds. The number of nitrogens with zero attached hydrogens (tertiary/aromatic N) is 2. The molecule has 0 radical (unpaired) electrons. The van der Waals surface area contributed by atoms with Crippen LogP contribution in [0.4, 0.5) is 37.7 Å². The van der Waals surface area contributed by atoms with Crippen molar-refractivity contribution in [3.05, 3.63) is 77.5 Å². The largest absolute Gasteiger partial charge is 0.418 e. The Labute approximate surface area is 223 Å². The molecule has 39 heavy (non-hydrogen) atoms. The van der Waals surface area contributed by atoms with Gasteiger partial charge >= 0.3 is 12.4 Å². The summed E-state index contributed by atoms with van der Waals surface area (Å²) in [6.45, 7) is 8.63. The van der Waals surface area contributed by atoms with Crippen molar-refractivity contribution >= 4 is 17.2 Å². The number of aromatic nitrogens is 1. The second-order valence-electron chi connectivity index (χ2n) is 8.89. The highest BCUT2D eigenvalue weighted by atomic mass is 19.4. The van der Waals surface area contributed by atoms with Crippen LogP contribution in [0.15, 0.2) is 65.8 Å². The lowest BCUT2D eigenvalue weighted by molar-refractivity contribution is -0.138. The predicted molar refractivity (Wildman–Crippen MR) is 143 cm³/mol. The highest BCUT2D eigenvalue weighted by Gasteiger charge is 2.35. The number of anilines is 2. The van der Waals surface area contributed by atoms with Gasteiger partial charge in [0.2, 0.25) is 0 Å². The fraction of sp³-hybridized carbons (Fsp3) is 0.357. The third kappa shape index (κ3) is 7.72. The standard InChI is InChI=1S/C26H25F6N5.C2H6/c1-15(2)33-13-11-22-36-21-14-16(23-20(26(30,31)32)4-3-12-34-23)5-10-19(21)24(37-22)35-18-8-6-17(7-9-18)25(27,28)29;1-2/h3-10,12,14-15,22,33,36H,11,13H2,1-2H3,(H,35,37);1-2H3. The molecule has 0 saturated carbocycles. The molecular weight excluding hydrogens is 520 g/mol. The Hall–Kier alpha value is -3.60. The summed E-state index contributed by atoms with van der Waals surface area (Å²) in [5, 5.41) is 9.62. The van der Waals surface area contributed by atoms with Gasteiger partial charge in [-0.1, -0.05) is 33.8 Å². The number of aliphatic imine (C=N–C) groups is 1. The van der Waals surface area contributed by atoms with E-state index in [1.807, 2.05) is 27.7 Å². The molecule has 210 valence electrons. The number of benzene rings is 2. The maximum absolute atomic E-state index is 13.6. The van der Waals surface area contributed by atoms with E-state index in [0.29, 0.717) is 35.7 Å². The van der Waals surface area contributed by atoms with Gasteiger partial charge in [0.25, 0.3) is 0 Å². The van der Waals surface area contributed by atoms with Gasteiger partial charge in [-0.15, -0.1) is 0 Å². The lowest BCUT2D eigenvalue weighted by atomic mass is 10.00. The number of hydrogen-bond donors (Lipinski definition) is 3. The van der Waals surface area contributed by atoms with E-state index >= 15 is 0 Å². The maximum Gasteiger partial charge on any atom is 0.418 e. The topological polar surface area (TPSA) is 61.3 Å². The van der Waals surface area contributed by atoms with E-state index in [-0.39, 0.29) is 17.3 Å². The second-order valence-corrected chi connectivity index (χ2v) is 8.89. The van der Waals surface area contributed by atoms with E-state index in [1.165, 1.54) is 30.5 Å². The summed E-state index contributed by atoms with van der Waals surface area (Å²) in [5.74, 6) is 0.395. The number of alkyl halides is 6. The Morgan fingerprint density at radius 1 is 0.923 bits per heavy atom. The smallest absolute Gasteiger partial charge is 0.363 e. The van der Waals surface area contributed by atoms with Crippen LogP contribution < -0.4 is 16.0 Å². The Balaban J connectivity index is 0.00000205. The van der Waals surface area contributed by atoms with Crippen molar-refractivity contribution in [1.82, 2.24) is 10.3 Å². The van der Waals surface area contributed by atoms with E-state index in [0.717, 1.165) is 18.2 Å². The van der Waals surface area contributed by atoms with E-state index in [1.54, 1.807) is 12.1 Å². The minimum atomic E-state index is -4.57. The van der Waals surface area contributed by atoms with Gasteiger partial charge in [-0.2, -0.15) is 26.3 Å². The second kappa shape index (κ2) is 12.5. The first-order valence-electron chi connectivity index (χ1n) is 12.6. The lowest BCUT2D eigenvalue weighted by Gasteiger charge is -2.27. The molecule has 2 heterocycles. The minimum Gasteiger partial charge on any atom is -0.363 e. The fourth-order valence-electron chi connectivity index (χ4n) is 3.94. The van der Waals surface area contributed by atoms with Crippen LogP contribution in [0.25, 0.3) is 11.3 Å². The number of rotatable bonds is 6. The first-order chi connectivity index (χ1) is 18.4. The molecule has 11 heteroatoms. The number of fused-ring (bicyclic) bond motifs is 1. The van der Waals surface area contributed by atoms with Crippen LogP contribution in [0, 0.1) is 0 Å². The van der Waals surface area contributed by atoms with Crippen molar-refractivity contribution in [2.24, 2.45) is 4.99 Å². The zero-order chi connectivity index (χ0) is 28.8. The molecule has 0 bridgehead atoms. The molecule has 1 unspecified atom stereocenters. The molecule has 3 aromatic rings. The Morgan fingerprint density at radius 2 is 1.62 bits per heavy atom. The summed E-state index contributed by atoms with van der Waals surface area (Å²) in [6, 6.07) is 11.7. The highest BCUT2D eigenvalue weighted by molar-refractivity contribution is 6.13. The van der Waals surface area contributed by atoms with Gasteiger partial charge in [0.1, 0.15) is 12.0 Å². The van der Waals surface area contributed by atoms with Crippen LogP contribution in [-0.2, 0) is 12.4 Å². The van der Waals surface area contributed by atoms with Crippen LogP contribution in [-0.4, -0.2) is 29.6 Å². The van der Waals surface area contributed by atoms with Crippen molar-refractivity contribution in [2.75, 3.05) is 17.2 Å². The van der Waals surface area contributed by atoms with Crippen LogP contribution in [0.2, 0.25) is 0 Å². The van der Waals surface area contributed by atoms with Gasteiger partial charge in [0, 0.05) is 41.2 Å². The molecule has 1 aliphatic heterocycles. The van der Waals surface area contributed by atoms with Crippen molar-refractivity contribution in [3.63, 3.8) is 0 Å². The average Bonchev–Trinajstić information content (AvgIpc) is 2.88. The molecule has 4 rings (SSSR count). The molecular formula is C28H31F6N5. The Bertz CT molecular complexity index is 1270. The van der Waals surface area contributed by atoms with E-state index in [4.69, 9.17) is 0 Å². The highest BCUT2D eigenvalue weighted by Crippen LogP contribution is 2.38. The number of hydrogen-bond acceptors (Lipinski definition) is 5. The van der Waals surface area contributed by atoms with E-state index in [2.05, 4.69) is 25.9 Å². The molecule has 3 N–H and O–H groups in total. The van der Waals surface area contributed by atoms with Crippen LogP contribution in [0.3, 0.4) is 0 Å². The van der Waals surface area contributed by atoms with Crippen LogP contribution in [0.1, 0.15) is 50.8 Å². The Morgan fingerprint density at radius 3 is 2.23 bits per heavy atom. The summed E-state index contributed by atoms with van der Waals surface area (Å²) in [7, 11) is 0. The van der Waals surface area contributed by atoms with Gasteiger partial charge in [-0.05, 0) is 55.1 Å². The summed E-state index contributed by atoms with van der Waals surface area (Å²) >= 11 is 0. The van der Waals surface area contributed by atoms with Gasteiger partial charge in [-0.3, -0.25) is 4.98 Å². The Kier molecular flexibility index (Phi) is 9.60. The fourth-order valence-corrected chi connectivity index (χ4v) is 3.94. The predicted octanol–water partition coefficient (Wildman–Crippen LogP) is 7.81. The summed E-state index contributed by atoms with van der Waals surface area (Å²) in [6.07, 6.45) is -7.58.